The van der Waals surface area contributed by atoms with E-state index in [4.69, 9.17) is 9.97 Å². The summed E-state index contributed by atoms with van der Waals surface area (Å²) < 4.78 is 4.68. The number of nitrogens with zero attached hydrogens (tertiary/aromatic N) is 9. The van der Waals surface area contributed by atoms with Crippen molar-refractivity contribution in [3.8, 4) is 23.0 Å². The summed E-state index contributed by atoms with van der Waals surface area (Å²) in [6.45, 7) is 4.89. The second-order valence-corrected chi connectivity index (χ2v) is 9.90. The zero-order chi connectivity index (χ0) is 24.5. The number of thiophene rings is 1. The number of rotatable bonds is 8. The largest absolute Gasteiger partial charge is 0.324 e. The van der Waals surface area contributed by atoms with Gasteiger partial charge in [-0.15, -0.1) is 11.3 Å². The third kappa shape index (κ3) is 4.00. The summed E-state index contributed by atoms with van der Waals surface area (Å²) in [5.41, 5.74) is 4.13. The molecule has 0 amide bonds. The molecule has 180 valence electrons. The smallest absolute Gasteiger partial charge is 0.228 e. The molecule has 0 unspecified atom stereocenters. The van der Waals surface area contributed by atoms with Gasteiger partial charge >= 0.3 is 0 Å². The summed E-state index contributed by atoms with van der Waals surface area (Å²) >= 11 is 1.61. The zero-order valence-corrected chi connectivity index (χ0v) is 20.6. The van der Waals surface area contributed by atoms with Crippen molar-refractivity contribution in [3.05, 3.63) is 60.8 Å². The van der Waals surface area contributed by atoms with Crippen LogP contribution >= 0.6 is 11.3 Å². The molecule has 0 saturated carbocycles. The van der Waals surface area contributed by atoms with Crippen molar-refractivity contribution in [3.63, 3.8) is 0 Å². The fraction of sp³-hybridized carbons (Fsp3) is 0.280. The standard InChI is InChI=1S/C25H24N10S/c1-2-10-33-14-25(15-33,8-9-26)35-13-18(12-28-35)22-23-21(7-11-36-23)31-24(32-22)30-19-3-5-20(6-4-19)34-17-27-16-29-34/h3-7,11-13,16-17H,2,8,10,14-15H2,1H3,(H,30,31,32). The van der Waals surface area contributed by atoms with E-state index in [0.29, 0.717) is 12.4 Å². The minimum atomic E-state index is -0.281. The van der Waals surface area contributed by atoms with Crippen LogP contribution in [-0.2, 0) is 5.54 Å². The lowest BCUT2D eigenvalue weighted by Crippen LogP contribution is -2.62. The Bertz CT molecular complexity index is 1520. The van der Waals surface area contributed by atoms with Crippen LogP contribution in [0.2, 0.25) is 0 Å². The molecule has 4 aromatic heterocycles. The molecule has 10 nitrogen and oxygen atoms in total. The predicted molar refractivity (Wildman–Crippen MR) is 138 cm³/mol. The highest BCUT2D eigenvalue weighted by atomic mass is 32.1. The lowest BCUT2D eigenvalue weighted by molar-refractivity contribution is 0.00557. The fourth-order valence-corrected chi connectivity index (χ4v) is 5.58. The van der Waals surface area contributed by atoms with Crippen LogP contribution < -0.4 is 5.32 Å². The van der Waals surface area contributed by atoms with Gasteiger partial charge in [-0.2, -0.15) is 15.5 Å². The highest BCUT2D eigenvalue weighted by Crippen LogP contribution is 2.36. The molecule has 1 fully saturated rings. The molecule has 0 atom stereocenters. The highest BCUT2D eigenvalue weighted by Gasteiger charge is 2.45. The van der Waals surface area contributed by atoms with Crippen LogP contribution in [-0.4, -0.2) is 59.0 Å². The minimum Gasteiger partial charge on any atom is -0.324 e. The second kappa shape index (κ2) is 9.14. The van der Waals surface area contributed by atoms with Crippen molar-refractivity contribution in [1.82, 2.24) is 39.4 Å². The summed E-state index contributed by atoms with van der Waals surface area (Å²) in [4.78, 5) is 16.0. The van der Waals surface area contributed by atoms with Gasteiger partial charge in [-0.3, -0.25) is 9.58 Å². The van der Waals surface area contributed by atoms with E-state index in [1.165, 1.54) is 6.33 Å². The van der Waals surface area contributed by atoms with E-state index < -0.39 is 0 Å². The molecule has 5 aromatic rings. The number of likely N-dealkylation sites (tertiary alicyclic amines) is 1. The van der Waals surface area contributed by atoms with Crippen LogP contribution in [0.25, 0.3) is 27.2 Å². The number of hydrogen-bond donors (Lipinski definition) is 1. The summed E-state index contributed by atoms with van der Waals surface area (Å²) in [5, 5.41) is 23.7. The lowest BCUT2D eigenvalue weighted by Gasteiger charge is -2.49. The maximum atomic E-state index is 9.48. The van der Waals surface area contributed by atoms with Crippen LogP contribution in [0.5, 0.6) is 0 Å². The van der Waals surface area contributed by atoms with Gasteiger partial charge in [-0.25, -0.2) is 19.6 Å². The van der Waals surface area contributed by atoms with Crippen molar-refractivity contribution in [1.29, 1.82) is 5.26 Å². The molecule has 36 heavy (non-hydrogen) atoms. The van der Waals surface area contributed by atoms with Crippen LogP contribution in [0, 0.1) is 11.3 Å². The van der Waals surface area contributed by atoms with Crippen molar-refractivity contribution in [2.45, 2.75) is 25.3 Å². The van der Waals surface area contributed by atoms with Gasteiger partial charge in [0.1, 0.15) is 18.2 Å². The lowest BCUT2D eigenvalue weighted by atomic mass is 9.86. The molecule has 1 N–H and O–H groups in total. The Labute approximate surface area is 211 Å². The van der Waals surface area contributed by atoms with E-state index in [-0.39, 0.29) is 5.54 Å². The van der Waals surface area contributed by atoms with E-state index in [2.05, 4.69) is 38.4 Å². The molecular weight excluding hydrogens is 472 g/mol. The van der Waals surface area contributed by atoms with Gasteiger partial charge in [0, 0.05) is 30.5 Å². The van der Waals surface area contributed by atoms with E-state index in [1.54, 1.807) is 22.3 Å². The van der Waals surface area contributed by atoms with Crippen molar-refractivity contribution in [2.24, 2.45) is 0 Å². The number of nitriles is 1. The monoisotopic (exact) mass is 496 g/mol. The summed E-state index contributed by atoms with van der Waals surface area (Å²) in [7, 11) is 0. The minimum absolute atomic E-state index is 0.281. The Kier molecular flexibility index (Phi) is 5.67. The number of anilines is 2. The quantitative estimate of drug-likeness (QED) is 0.340. The van der Waals surface area contributed by atoms with Crippen LogP contribution in [0.15, 0.2) is 60.8 Å². The first-order chi connectivity index (χ1) is 17.7. The van der Waals surface area contributed by atoms with Crippen LogP contribution in [0.3, 0.4) is 0 Å². The van der Waals surface area contributed by atoms with E-state index >= 15 is 0 Å². The normalized spacial score (nSPS) is 15.0. The third-order valence-electron chi connectivity index (χ3n) is 6.44. The predicted octanol–water partition coefficient (Wildman–Crippen LogP) is 4.21. The molecule has 0 bridgehead atoms. The highest BCUT2D eigenvalue weighted by molar-refractivity contribution is 7.17. The Balaban J connectivity index is 1.29. The Morgan fingerprint density at radius 3 is 2.75 bits per heavy atom. The topological polar surface area (TPSA) is 113 Å². The fourth-order valence-electron chi connectivity index (χ4n) is 4.73. The van der Waals surface area contributed by atoms with Crippen LogP contribution in [0.1, 0.15) is 19.8 Å². The van der Waals surface area contributed by atoms with E-state index in [9.17, 15) is 5.26 Å². The van der Waals surface area contributed by atoms with Gasteiger partial charge in [0.2, 0.25) is 5.95 Å². The number of nitrogens with one attached hydrogen (secondary N) is 1. The van der Waals surface area contributed by atoms with E-state index in [0.717, 1.165) is 58.9 Å². The van der Waals surface area contributed by atoms with Gasteiger partial charge < -0.3 is 5.32 Å². The van der Waals surface area contributed by atoms with Gasteiger partial charge in [0.05, 0.1) is 40.3 Å². The molecule has 1 aliphatic heterocycles. The summed E-state index contributed by atoms with van der Waals surface area (Å²) in [6, 6.07) is 12.2. The molecule has 0 spiro atoms. The first-order valence-corrected chi connectivity index (χ1v) is 12.7. The summed E-state index contributed by atoms with van der Waals surface area (Å²) in [6.07, 6.45) is 8.58. The van der Waals surface area contributed by atoms with Gasteiger partial charge in [0.25, 0.3) is 0 Å². The first kappa shape index (κ1) is 22.3. The molecule has 1 aliphatic rings. The first-order valence-electron chi connectivity index (χ1n) is 11.8. The van der Waals surface area contributed by atoms with Gasteiger partial charge in [0.15, 0.2) is 0 Å². The number of hydrogen-bond acceptors (Lipinski definition) is 9. The third-order valence-corrected chi connectivity index (χ3v) is 7.35. The molecule has 0 aliphatic carbocycles. The second-order valence-electron chi connectivity index (χ2n) is 8.99. The Hall–Kier alpha value is -4.14. The number of fused-ring (bicyclic) bond motifs is 1. The molecular formula is C25H24N10S. The average Bonchev–Trinajstić information content (AvgIpc) is 3.65. The zero-order valence-electron chi connectivity index (χ0n) is 19.7. The van der Waals surface area contributed by atoms with Crippen molar-refractivity contribution < 1.29 is 0 Å². The average molecular weight is 497 g/mol. The molecule has 1 saturated heterocycles. The Morgan fingerprint density at radius 1 is 1.14 bits per heavy atom. The molecule has 0 radical (unpaired) electrons. The van der Waals surface area contributed by atoms with Crippen molar-refractivity contribution >= 4 is 33.2 Å². The van der Waals surface area contributed by atoms with Gasteiger partial charge in [-0.05, 0) is 48.7 Å². The van der Waals surface area contributed by atoms with Crippen molar-refractivity contribution in [2.75, 3.05) is 25.0 Å². The molecule has 5 heterocycles. The maximum Gasteiger partial charge on any atom is 0.228 e. The summed E-state index contributed by atoms with van der Waals surface area (Å²) in [5.74, 6) is 0.515. The molecule has 11 heteroatoms. The maximum absolute atomic E-state index is 9.48. The number of benzene rings is 1. The number of aromatic nitrogens is 7. The molecule has 6 rings (SSSR count). The molecule has 1 aromatic carbocycles. The SMILES string of the molecule is CCCN1CC(CC#N)(n2cc(-c3nc(Nc4ccc(-n5cncn5)cc4)nc4ccsc34)cn2)C1. The Morgan fingerprint density at radius 2 is 2.00 bits per heavy atom. The van der Waals surface area contributed by atoms with E-state index in [1.807, 2.05) is 52.8 Å². The van der Waals surface area contributed by atoms with Gasteiger partial charge in [-0.1, -0.05) is 6.92 Å². The van der Waals surface area contributed by atoms with Crippen LogP contribution in [0.4, 0.5) is 11.6 Å².